The van der Waals surface area contributed by atoms with E-state index < -0.39 is 6.10 Å². The van der Waals surface area contributed by atoms with Crippen LogP contribution < -0.4 is 20.7 Å². The lowest BCUT2D eigenvalue weighted by molar-refractivity contribution is 0.180. The van der Waals surface area contributed by atoms with Gasteiger partial charge in [0.15, 0.2) is 0 Å². The summed E-state index contributed by atoms with van der Waals surface area (Å²) in [5.41, 5.74) is 4.52. The minimum atomic E-state index is -0.461. The molecule has 8 heteroatoms. The monoisotopic (exact) mass is 401 g/mol. The molecule has 2 aliphatic heterocycles. The van der Waals surface area contributed by atoms with E-state index in [-0.39, 0.29) is 0 Å². The second-order valence-electron chi connectivity index (χ2n) is 7.04. The van der Waals surface area contributed by atoms with Gasteiger partial charge in [0.2, 0.25) is 5.95 Å². The third-order valence-electron chi connectivity index (χ3n) is 4.92. The van der Waals surface area contributed by atoms with E-state index in [2.05, 4.69) is 32.0 Å². The average molecular weight is 402 g/mol. The van der Waals surface area contributed by atoms with Crippen LogP contribution >= 0.6 is 11.6 Å². The first-order valence-electron chi connectivity index (χ1n) is 9.42. The number of nitrogens with zero attached hydrogens (tertiary/aromatic N) is 2. The van der Waals surface area contributed by atoms with Crippen LogP contribution in [0.3, 0.4) is 0 Å². The van der Waals surface area contributed by atoms with Gasteiger partial charge >= 0.3 is 0 Å². The fraction of sp³-hybridized carbons (Fsp3) is 0.400. The highest BCUT2D eigenvalue weighted by atomic mass is 35.5. The minimum Gasteiger partial charge on any atom is -0.492 e. The van der Waals surface area contributed by atoms with Crippen LogP contribution in [0.15, 0.2) is 18.2 Å². The second kappa shape index (κ2) is 7.95. The quantitative estimate of drug-likeness (QED) is 0.626. The van der Waals surface area contributed by atoms with Crippen molar-refractivity contribution in [2.75, 3.05) is 37.4 Å². The van der Waals surface area contributed by atoms with Crippen LogP contribution in [0.2, 0.25) is 5.02 Å². The first kappa shape index (κ1) is 19.0. The smallest absolute Gasteiger partial charge is 0.229 e. The van der Waals surface area contributed by atoms with Crippen molar-refractivity contribution in [2.24, 2.45) is 0 Å². The zero-order chi connectivity index (χ0) is 19.7. The number of rotatable bonds is 4. The molecule has 4 rings (SSSR count). The first-order valence-corrected chi connectivity index (χ1v) is 9.79. The van der Waals surface area contributed by atoms with Crippen molar-refractivity contribution in [1.82, 2.24) is 15.3 Å². The Morgan fingerprint density at radius 3 is 3.00 bits per heavy atom. The Morgan fingerprint density at radius 1 is 1.32 bits per heavy atom. The molecule has 4 N–H and O–H groups in total. The Bertz CT molecular complexity index is 931. The van der Waals surface area contributed by atoms with Gasteiger partial charge in [-0.2, -0.15) is 4.98 Å². The molecule has 0 bridgehead atoms. The van der Waals surface area contributed by atoms with Crippen LogP contribution in [0.25, 0.3) is 5.57 Å². The van der Waals surface area contributed by atoms with E-state index in [1.54, 1.807) is 0 Å². The number of aryl methyl sites for hydroxylation is 1. The maximum atomic E-state index is 10.2. The van der Waals surface area contributed by atoms with E-state index >= 15 is 0 Å². The van der Waals surface area contributed by atoms with E-state index in [0.29, 0.717) is 37.1 Å². The standard InChI is InChI=1S/C20H24ClN5O2/c1-11-7-16(22-2)26-20(24-11)25-15-9-13-4-6-28-19(13)17(18(15)21)12-3-5-23-10-14(27)8-12/h3,7,9,14,23,27H,4-6,8,10H2,1-2H3,(H2,22,24,25,26)/t14-/m0/s1. The van der Waals surface area contributed by atoms with E-state index in [9.17, 15) is 5.11 Å². The second-order valence-corrected chi connectivity index (χ2v) is 7.42. The summed E-state index contributed by atoms with van der Waals surface area (Å²) in [6.45, 7) is 3.78. The van der Waals surface area contributed by atoms with E-state index in [4.69, 9.17) is 16.3 Å². The SMILES string of the molecule is CNc1cc(C)nc(Nc2cc3c(c(C4=CCNC[C@@H](O)C4)c2Cl)OCC3)n1. The van der Waals surface area contributed by atoms with Crippen molar-refractivity contribution in [3.63, 3.8) is 0 Å². The van der Waals surface area contributed by atoms with Crippen LogP contribution in [-0.4, -0.2) is 47.9 Å². The molecular formula is C20H24ClN5O2. The highest BCUT2D eigenvalue weighted by molar-refractivity contribution is 6.35. The summed E-state index contributed by atoms with van der Waals surface area (Å²) in [7, 11) is 1.82. The molecule has 2 aromatic rings. The molecule has 0 aliphatic carbocycles. The number of aliphatic hydroxyl groups is 1. The number of fused-ring (bicyclic) bond motifs is 1. The Morgan fingerprint density at radius 2 is 2.18 bits per heavy atom. The predicted octanol–water partition coefficient (Wildman–Crippen LogP) is 2.90. The summed E-state index contributed by atoms with van der Waals surface area (Å²) in [5, 5.41) is 20.3. The zero-order valence-electron chi connectivity index (χ0n) is 16.0. The number of β-amino-alcohol motifs (C(OH)–C–C–N with tert-alkyl or cyclic N) is 1. The van der Waals surface area contributed by atoms with Crippen LogP contribution in [0.5, 0.6) is 5.75 Å². The molecule has 0 saturated carbocycles. The molecule has 0 amide bonds. The van der Waals surface area contributed by atoms with Gasteiger partial charge in [0.1, 0.15) is 11.6 Å². The molecule has 0 spiro atoms. The van der Waals surface area contributed by atoms with Gasteiger partial charge in [-0.3, -0.25) is 0 Å². The van der Waals surface area contributed by atoms with Crippen LogP contribution in [0.1, 0.15) is 23.2 Å². The lowest BCUT2D eigenvalue weighted by Crippen LogP contribution is -2.24. The summed E-state index contributed by atoms with van der Waals surface area (Å²) >= 11 is 6.83. The van der Waals surface area contributed by atoms with Crippen molar-refractivity contribution >= 4 is 34.6 Å². The van der Waals surface area contributed by atoms with Gasteiger partial charge in [-0.05, 0) is 18.6 Å². The van der Waals surface area contributed by atoms with E-state index in [0.717, 1.165) is 46.1 Å². The normalized spacial score (nSPS) is 18.7. The molecule has 1 atom stereocenters. The number of halogens is 1. The summed E-state index contributed by atoms with van der Waals surface area (Å²) in [4.78, 5) is 8.93. The van der Waals surface area contributed by atoms with Gasteiger partial charge in [0, 0.05) is 55.9 Å². The number of aliphatic hydroxyl groups excluding tert-OH is 1. The van der Waals surface area contributed by atoms with Gasteiger partial charge in [0.25, 0.3) is 0 Å². The molecule has 2 aliphatic rings. The van der Waals surface area contributed by atoms with Gasteiger partial charge in [-0.25, -0.2) is 4.98 Å². The number of benzene rings is 1. The van der Waals surface area contributed by atoms with Gasteiger partial charge in [-0.15, -0.1) is 0 Å². The Labute approximate surface area is 169 Å². The minimum absolute atomic E-state index is 0.461. The van der Waals surface area contributed by atoms with Crippen molar-refractivity contribution < 1.29 is 9.84 Å². The Kier molecular flexibility index (Phi) is 5.39. The van der Waals surface area contributed by atoms with Crippen molar-refractivity contribution in [3.8, 4) is 5.75 Å². The fourth-order valence-corrected chi connectivity index (χ4v) is 3.93. The zero-order valence-corrected chi connectivity index (χ0v) is 16.7. The van der Waals surface area contributed by atoms with Crippen LogP contribution in [0, 0.1) is 6.92 Å². The molecule has 7 nitrogen and oxygen atoms in total. The van der Waals surface area contributed by atoms with E-state index in [1.807, 2.05) is 26.1 Å². The van der Waals surface area contributed by atoms with Crippen molar-refractivity contribution in [2.45, 2.75) is 25.9 Å². The molecule has 0 saturated heterocycles. The lowest BCUT2D eigenvalue weighted by atomic mass is 9.95. The average Bonchev–Trinajstić information content (AvgIpc) is 3.01. The largest absolute Gasteiger partial charge is 0.492 e. The predicted molar refractivity (Wildman–Crippen MR) is 112 cm³/mol. The van der Waals surface area contributed by atoms with Crippen LogP contribution in [-0.2, 0) is 6.42 Å². The maximum Gasteiger partial charge on any atom is 0.229 e. The number of anilines is 3. The van der Waals surface area contributed by atoms with Crippen LogP contribution in [0.4, 0.5) is 17.5 Å². The third-order valence-corrected chi connectivity index (χ3v) is 5.31. The molecule has 1 aromatic heterocycles. The molecule has 0 radical (unpaired) electrons. The Hall–Kier alpha value is -2.35. The summed E-state index contributed by atoms with van der Waals surface area (Å²) in [6.07, 6.45) is 2.96. The maximum absolute atomic E-state index is 10.2. The topological polar surface area (TPSA) is 91.3 Å². The van der Waals surface area contributed by atoms with Crippen molar-refractivity contribution in [3.05, 3.63) is 40.1 Å². The van der Waals surface area contributed by atoms with Gasteiger partial charge in [-0.1, -0.05) is 17.7 Å². The summed E-state index contributed by atoms with van der Waals surface area (Å²) in [6, 6.07) is 3.88. The van der Waals surface area contributed by atoms with Gasteiger partial charge in [0.05, 0.1) is 23.4 Å². The Balaban J connectivity index is 1.77. The molecule has 1 aromatic carbocycles. The number of aromatic nitrogens is 2. The molecule has 3 heterocycles. The molecular weight excluding hydrogens is 378 g/mol. The number of hydrogen-bond donors (Lipinski definition) is 4. The number of nitrogens with one attached hydrogen (secondary N) is 3. The molecule has 28 heavy (non-hydrogen) atoms. The first-order chi connectivity index (χ1) is 13.5. The highest BCUT2D eigenvalue weighted by Crippen LogP contribution is 2.45. The van der Waals surface area contributed by atoms with E-state index in [1.165, 1.54) is 0 Å². The summed E-state index contributed by atoms with van der Waals surface area (Å²) in [5.74, 6) is 2.03. The highest BCUT2D eigenvalue weighted by Gasteiger charge is 2.26. The summed E-state index contributed by atoms with van der Waals surface area (Å²) < 4.78 is 5.90. The number of hydrogen-bond acceptors (Lipinski definition) is 7. The van der Waals surface area contributed by atoms with Gasteiger partial charge < -0.3 is 25.8 Å². The molecule has 0 unspecified atom stereocenters. The lowest BCUT2D eigenvalue weighted by Gasteiger charge is -2.18. The van der Waals surface area contributed by atoms with Crippen molar-refractivity contribution in [1.29, 1.82) is 0 Å². The fourth-order valence-electron chi connectivity index (χ4n) is 3.62. The number of ether oxygens (including phenoxy) is 1. The molecule has 148 valence electrons. The third kappa shape index (κ3) is 3.78. The molecule has 0 fully saturated rings.